The van der Waals surface area contributed by atoms with Gasteiger partial charge in [0.1, 0.15) is 0 Å². The third-order valence-corrected chi connectivity index (χ3v) is 5.50. The maximum absolute atomic E-state index is 12.3. The van der Waals surface area contributed by atoms with Gasteiger partial charge in [-0.25, -0.2) is 14.6 Å². The van der Waals surface area contributed by atoms with Crippen LogP contribution < -0.4 is 5.32 Å². The highest BCUT2D eigenvalue weighted by atomic mass is 79.9. The largest absolute Gasteiger partial charge is 0.478 e. The zero-order valence-corrected chi connectivity index (χ0v) is 16.8. The van der Waals surface area contributed by atoms with Gasteiger partial charge < -0.3 is 15.5 Å². The molecular weight excluding hydrogens is 448 g/mol. The number of thioether (sulfide) groups is 1. The number of carboxylic acids is 2. The maximum atomic E-state index is 12.3. The second-order valence-electron chi connectivity index (χ2n) is 5.81. The molecule has 0 bridgehead atoms. The van der Waals surface area contributed by atoms with E-state index in [-0.39, 0.29) is 27.9 Å². The fourth-order valence-corrected chi connectivity index (χ4v) is 3.66. The summed E-state index contributed by atoms with van der Waals surface area (Å²) in [4.78, 5) is 39.4. The van der Waals surface area contributed by atoms with E-state index in [0.29, 0.717) is 4.91 Å². The van der Waals surface area contributed by atoms with Crippen LogP contribution in [0.2, 0.25) is 0 Å². The van der Waals surface area contributed by atoms with E-state index >= 15 is 0 Å². The number of carbonyl (C=O) groups excluding carboxylic acids is 1. The molecule has 0 unspecified atom stereocenters. The average Bonchev–Trinajstić information content (AvgIpc) is 3.01. The van der Waals surface area contributed by atoms with Crippen molar-refractivity contribution in [3.63, 3.8) is 0 Å². The minimum Gasteiger partial charge on any atom is -0.478 e. The van der Waals surface area contributed by atoms with Crippen LogP contribution in [0.15, 0.2) is 56.8 Å². The number of aliphatic imine (C=N–C) groups is 1. The van der Waals surface area contributed by atoms with E-state index < -0.39 is 11.9 Å². The van der Waals surface area contributed by atoms with Crippen molar-refractivity contribution in [1.29, 1.82) is 0 Å². The van der Waals surface area contributed by atoms with E-state index in [1.54, 1.807) is 0 Å². The van der Waals surface area contributed by atoms with Gasteiger partial charge in [0.25, 0.3) is 5.91 Å². The van der Waals surface area contributed by atoms with Crippen LogP contribution in [0.25, 0.3) is 5.57 Å². The van der Waals surface area contributed by atoms with Crippen molar-refractivity contribution in [2.75, 3.05) is 0 Å². The Labute approximate surface area is 172 Å². The summed E-state index contributed by atoms with van der Waals surface area (Å²) < 4.78 is 0.923. The molecule has 7 nitrogen and oxygen atoms in total. The number of rotatable bonds is 4. The average molecular weight is 461 g/mol. The summed E-state index contributed by atoms with van der Waals surface area (Å²) in [5.74, 6) is -2.85. The van der Waals surface area contributed by atoms with E-state index in [1.165, 1.54) is 12.1 Å². The number of carboxylic acid groups (broad SMARTS) is 2. The normalized spacial score (nSPS) is 16.8. The smallest absolute Gasteiger partial charge is 0.335 e. The van der Waals surface area contributed by atoms with Gasteiger partial charge in [-0.1, -0.05) is 28.1 Å². The third-order valence-electron chi connectivity index (χ3n) is 3.89. The lowest BCUT2D eigenvalue weighted by Crippen LogP contribution is -2.19. The van der Waals surface area contributed by atoms with Crippen LogP contribution in [-0.2, 0) is 4.79 Å². The standard InChI is InChI=1S/C19H13BrN2O5S/c1-9(10-2-4-13(20)5-3-10)15-16(23)22-19(28-15)21-14-7-11(17(24)25)6-12(8-14)18(26)27/h2-8H,1H3,(H,24,25)(H,26,27)(H,21,22,23)/b15-9-. The summed E-state index contributed by atoms with van der Waals surface area (Å²) in [5.41, 5.74) is 1.38. The monoisotopic (exact) mass is 460 g/mol. The molecule has 0 saturated carbocycles. The number of amides is 1. The van der Waals surface area contributed by atoms with Crippen LogP contribution in [-0.4, -0.2) is 33.2 Å². The molecule has 0 aliphatic carbocycles. The molecule has 1 saturated heterocycles. The molecule has 1 amide bonds. The first kappa shape index (κ1) is 19.8. The van der Waals surface area contributed by atoms with Crippen molar-refractivity contribution >= 4 is 62.0 Å². The Kier molecular flexibility index (Phi) is 5.66. The summed E-state index contributed by atoms with van der Waals surface area (Å²) in [6.45, 7) is 1.82. The van der Waals surface area contributed by atoms with Crippen LogP contribution in [0.5, 0.6) is 0 Å². The van der Waals surface area contributed by atoms with Crippen molar-refractivity contribution in [2.24, 2.45) is 4.99 Å². The lowest BCUT2D eigenvalue weighted by atomic mass is 10.1. The van der Waals surface area contributed by atoms with Crippen molar-refractivity contribution in [1.82, 2.24) is 5.32 Å². The molecule has 28 heavy (non-hydrogen) atoms. The Hall–Kier alpha value is -2.91. The molecule has 0 atom stereocenters. The van der Waals surface area contributed by atoms with Crippen molar-refractivity contribution < 1.29 is 24.6 Å². The zero-order chi connectivity index (χ0) is 20.4. The predicted octanol–water partition coefficient (Wildman–Crippen LogP) is 4.13. The van der Waals surface area contributed by atoms with Crippen LogP contribution in [0.3, 0.4) is 0 Å². The van der Waals surface area contributed by atoms with Crippen molar-refractivity contribution in [2.45, 2.75) is 6.92 Å². The van der Waals surface area contributed by atoms with Crippen LogP contribution in [0.4, 0.5) is 5.69 Å². The minimum absolute atomic E-state index is 0.127. The van der Waals surface area contributed by atoms with E-state index in [0.717, 1.165) is 33.4 Å². The summed E-state index contributed by atoms with van der Waals surface area (Å²) >= 11 is 4.48. The predicted molar refractivity (Wildman–Crippen MR) is 110 cm³/mol. The highest BCUT2D eigenvalue weighted by Crippen LogP contribution is 2.33. The van der Waals surface area contributed by atoms with Gasteiger partial charge in [-0.15, -0.1) is 0 Å². The number of nitrogens with zero attached hydrogens (tertiary/aromatic N) is 1. The molecule has 3 N–H and O–H groups in total. The number of nitrogens with one attached hydrogen (secondary N) is 1. The highest BCUT2D eigenvalue weighted by Gasteiger charge is 2.26. The van der Waals surface area contributed by atoms with E-state index in [9.17, 15) is 14.4 Å². The van der Waals surface area contributed by atoms with E-state index in [4.69, 9.17) is 10.2 Å². The second-order valence-corrected chi connectivity index (χ2v) is 7.73. The number of hydrogen-bond acceptors (Lipinski definition) is 5. The Balaban J connectivity index is 1.96. The van der Waals surface area contributed by atoms with E-state index in [2.05, 4.69) is 26.2 Å². The number of carbonyl (C=O) groups is 3. The van der Waals surface area contributed by atoms with E-state index in [1.807, 2.05) is 31.2 Å². The summed E-state index contributed by atoms with van der Waals surface area (Å²) in [6.07, 6.45) is 0. The molecule has 3 rings (SSSR count). The molecule has 2 aromatic rings. The molecule has 0 spiro atoms. The molecule has 9 heteroatoms. The van der Waals surface area contributed by atoms with Gasteiger partial charge >= 0.3 is 11.9 Å². The number of hydrogen-bond donors (Lipinski definition) is 3. The molecule has 1 heterocycles. The Morgan fingerprint density at radius 2 is 1.57 bits per heavy atom. The first-order valence-corrected chi connectivity index (χ1v) is 9.52. The molecule has 0 aromatic heterocycles. The fraction of sp³-hybridized carbons (Fsp3) is 0.0526. The molecule has 142 valence electrons. The van der Waals surface area contributed by atoms with Gasteiger partial charge in [0, 0.05) is 4.47 Å². The quantitative estimate of drug-likeness (QED) is 0.590. The molecular formula is C19H13BrN2O5S. The van der Waals surface area contributed by atoms with Gasteiger partial charge in [0.15, 0.2) is 5.17 Å². The Morgan fingerprint density at radius 1 is 1.00 bits per heavy atom. The number of benzene rings is 2. The van der Waals surface area contributed by atoms with Gasteiger partial charge in [0.2, 0.25) is 0 Å². The van der Waals surface area contributed by atoms with Gasteiger partial charge in [-0.2, -0.15) is 0 Å². The summed E-state index contributed by atoms with van der Waals surface area (Å²) in [6, 6.07) is 11.1. The fourth-order valence-electron chi connectivity index (χ4n) is 2.49. The minimum atomic E-state index is -1.26. The van der Waals surface area contributed by atoms with Crippen molar-refractivity contribution in [3.05, 3.63) is 68.5 Å². The van der Waals surface area contributed by atoms with Crippen LogP contribution >= 0.6 is 27.7 Å². The summed E-state index contributed by atoms with van der Waals surface area (Å²) in [7, 11) is 0. The van der Waals surface area contributed by atoms with Gasteiger partial charge in [0.05, 0.1) is 21.7 Å². The number of aromatic carboxylic acids is 2. The van der Waals surface area contributed by atoms with Crippen LogP contribution in [0.1, 0.15) is 33.2 Å². The zero-order valence-electron chi connectivity index (χ0n) is 14.4. The molecule has 0 radical (unpaired) electrons. The number of allylic oxidation sites excluding steroid dienone is 1. The van der Waals surface area contributed by atoms with Crippen LogP contribution in [0, 0.1) is 0 Å². The van der Waals surface area contributed by atoms with Gasteiger partial charge in [-0.05, 0) is 60.2 Å². The maximum Gasteiger partial charge on any atom is 0.335 e. The molecule has 2 aromatic carbocycles. The second kappa shape index (κ2) is 7.99. The summed E-state index contributed by atoms with van der Waals surface area (Å²) in [5, 5.41) is 21.2. The molecule has 1 aliphatic rings. The Bertz CT molecular complexity index is 1030. The topological polar surface area (TPSA) is 116 Å². The lowest BCUT2D eigenvalue weighted by molar-refractivity contribution is -0.115. The Morgan fingerprint density at radius 3 is 2.11 bits per heavy atom. The molecule has 1 fully saturated rings. The third kappa shape index (κ3) is 4.32. The van der Waals surface area contributed by atoms with Crippen molar-refractivity contribution in [3.8, 4) is 0 Å². The van der Waals surface area contributed by atoms with Gasteiger partial charge in [-0.3, -0.25) is 4.79 Å². The SMILES string of the molecule is C/C(=C1/SC(=Nc2cc(C(=O)O)cc(C(=O)O)c2)NC1=O)c1ccc(Br)cc1. The number of halogens is 1. The lowest BCUT2D eigenvalue weighted by Gasteiger charge is -2.04. The molecule has 1 aliphatic heterocycles. The number of amidine groups is 1. The highest BCUT2D eigenvalue weighted by molar-refractivity contribution is 9.10. The first-order valence-electron chi connectivity index (χ1n) is 7.91. The first-order chi connectivity index (χ1) is 13.2.